The zero-order valence-electron chi connectivity index (χ0n) is 6.12. The quantitative estimate of drug-likeness (QED) is 0.388. The van der Waals surface area contributed by atoms with Crippen LogP contribution in [-0.4, -0.2) is 25.7 Å². The average molecular weight is 194 g/mol. The van der Waals surface area contributed by atoms with Gasteiger partial charge < -0.3 is 4.74 Å². The molecule has 0 aromatic heterocycles. The highest BCUT2D eigenvalue weighted by atomic mass is 19.4. The summed E-state index contributed by atoms with van der Waals surface area (Å²) in [6.07, 6.45) is -10.8. The third-order valence-electron chi connectivity index (χ3n) is 0.858. The molecule has 0 spiro atoms. The van der Waals surface area contributed by atoms with E-state index < -0.39 is 19.1 Å². The minimum Gasteiger partial charge on any atom is -0.355 e. The van der Waals surface area contributed by atoms with E-state index in [-0.39, 0.29) is 6.61 Å². The second kappa shape index (κ2) is 3.99. The van der Waals surface area contributed by atoms with Gasteiger partial charge in [0.25, 0.3) is 0 Å². The first-order chi connectivity index (χ1) is 5.31. The lowest BCUT2D eigenvalue weighted by atomic mass is 10.6. The summed E-state index contributed by atoms with van der Waals surface area (Å²) in [5.74, 6) is 0. The molecule has 0 saturated heterocycles. The van der Waals surface area contributed by atoms with E-state index >= 15 is 0 Å². The third-order valence-corrected chi connectivity index (χ3v) is 0.858. The summed E-state index contributed by atoms with van der Waals surface area (Å²) in [5, 5.41) is 0. The van der Waals surface area contributed by atoms with Gasteiger partial charge in [0.05, 0.1) is 0 Å². The predicted molar refractivity (Wildman–Crippen MR) is 28.6 cm³/mol. The van der Waals surface area contributed by atoms with E-state index in [0.29, 0.717) is 0 Å². The van der Waals surface area contributed by atoms with Crippen LogP contribution in [0.3, 0.4) is 0 Å². The summed E-state index contributed by atoms with van der Waals surface area (Å²) in [7, 11) is 0. The largest absolute Gasteiger partial charge is 0.483 e. The van der Waals surface area contributed by atoms with E-state index in [0.717, 1.165) is 0 Å². The molecule has 0 aliphatic carbocycles. The van der Waals surface area contributed by atoms with Gasteiger partial charge in [-0.3, -0.25) is 4.74 Å². The Kier molecular flexibility index (Phi) is 3.85. The van der Waals surface area contributed by atoms with Gasteiger partial charge in [0, 0.05) is 6.61 Å². The average Bonchev–Trinajstić information content (AvgIpc) is 1.85. The molecule has 0 rings (SSSR count). The normalized spacial score (nSPS) is 13.5. The molecule has 0 fully saturated rings. The smallest absolute Gasteiger partial charge is 0.355 e. The first-order valence-corrected chi connectivity index (χ1v) is 2.97. The Morgan fingerprint density at radius 1 is 1.08 bits per heavy atom. The molecule has 74 valence electrons. The van der Waals surface area contributed by atoms with E-state index in [2.05, 4.69) is 9.47 Å². The molecule has 0 aromatic carbocycles. The maximum atomic E-state index is 11.8. The number of rotatable bonds is 4. The summed E-state index contributed by atoms with van der Waals surface area (Å²) in [5.41, 5.74) is 0. The maximum Gasteiger partial charge on any atom is 0.483 e. The van der Waals surface area contributed by atoms with Crippen LogP contribution in [0.15, 0.2) is 0 Å². The van der Waals surface area contributed by atoms with Crippen LogP contribution in [0.1, 0.15) is 6.92 Å². The molecule has 0 unspecified atom stereocenters. The lowest BCUT2D eigenvalue weighted by molar-refractivity contribution is -0.405. The van der Waals surface area contributed by atoms with E-state index in [1.165, 1.54) is 6.92 Å². The Morgan fingerprint density at radius 2 is 1.58 bits per heavy atom. The fourth-order valence-corrected chi connectivity index (χ4v) is 0.281. The van der Waals surface area contributed by atoms with Crippen LogP contribution in [0.25, 0.3) is 0 Å². The van der Waals surface area contributed by atoms with Gasteiger partial charge in [0.1, 0.15) is 0 Å². The number of hydrogen-bond donors (Lipinski definition) is 0. The van der Waals surface area contributed by atoms with Crippen molar-refractivity contribution in [3.63, 3.8) is 0 Å². The standard InChI is InChI=1S/C5H7F5O2/c1-2-11-3-12-5(9,10)4(6,7)8/h2-3H2,1H3. The van der Waals surface area contributed by atoms with Crippen molar-refractivity contribution >= 4 is 0 Å². The van der Waals surface area contributed by atoms with E-state index in [1.807, 2.05) is 0 Å². The van der Waals surface area contributed by atoms with E-state index in [4.69, 9.17) is 0 Å². The topological polar surface area (TPSA) is 18.5 Å². The molecule has 0 bridgehead atoms. The van der Waals surface area contributed by atoms with Gasteiger partial charge in [0.15, 0.2) is 6.79 Å². The van der Waals surface area contributed by atoms with Gasteiger partial charge in [-0.25, -0.2) is 0 Å². The second-order valence-corrected chi connectivity index (χ2v) is 1.77. The van der Waals surface area contributed by atoms with Crippen LogP contribution in [0.4, 0.5) is 22.0 Å². The monoisotopic (exact) mass is 194 g/mol. The molecule has 0 saturated carbocycles. The Morgan fingerprint density at radius 3 is 1.92 bits per heavy atom. The molecule has 0 aliphatic rings. The van der Waals surface area contributed by atoms with Gasteiger partial charge in [-0.05, 0) is 6.92 Å². The fourth-order valence-electron chi connectivity index (χ4n) is 0.281. The molecule has 0 N–H and O–H groups in total. The van der Waals surface area contributed by atoms with Gasteiger partial charge in [-0.2, -0.15) is 22.0 Å². The Hall–Kier alpha value is -0.430. The zero-order valence-corrected chi connectivity index (χ0v) is 6.12. The SMILES string of the molecule is CCOCOC(F)(F)C(F)(F)F. The fraction of sp³-hybridized carbons (Fsp3) is 1.00. The maximum absolute atomic E-state index is 11.8. The van der Waals surface area contributed by atoms with Crippen molar-refractivity contribution in [1.82, 2.24) is 0 Å². The Labute approximate surface area is 65.3 Å². The highest BCUT2D eigenvalue weighted by Gasteiger charge is 2.59. The Balaban J connectivity index is 3.88. The number of ether oxygens (including phenoxy) is 2. The molecule has 0 aromatic rings. The van der Waals surface area contributed by atoms with E-state index in [1.54, 1.807) is 0 Å². The Bertz CT molecular complexity index is 132. The van der Waals surface area contributed by atoms with Crippen LogP contribution in [-0.2, 0) is 9.47 Å². The van der Waals surface area contributed by atoms with Crippen LogP contribution in [0.5, 0.6) is 0 Å². The molecule has 12 heavy (non-hydrogen) atoms. The highest BCUT2D eigenvalue weighted by Crippen LogP contribution is 2.36. The van der Waals surface area contributed by atoms with Crippen molar-refractivity contribution in [2.75, 3.05) is 13.4 Å². The van der Waals surface area contributed by atoms with Crippen molar-refractivity contribution in [2.24, 2.45) is 0 Å². The highest BCUT2D eigenvalue weighted by molar-refractivity contribution is 4.62. The van der Waals surface area contributed by atoms with Crippen molar-refractivity contribution in [3.05, 3.63) is 0 Å². The molecular formula is C5H7F5O2. The van der Waals surface area contributed by atoms with Crippen molar-refractivity contribution < 1.29 is 31.4 Å². The lowest BCUT2D eigenvalue weighted by Crippen LogP contribution is -2.39. The molecule has 0 radical (unpaired) electrons. The van der Waals surface area contributed by atoms with Crippen molar-refractivity contribution in [1.29, 1.82) is 0 Å². The summed E-state index contributed by atoms with van der Waals surface area (Å²) < 4.78 is 65.0. The molecule has 0 aliphatic heterocycles. The van der Waals surface area contributed by atoms with Crippen LogP contribution in [0, 0.1) is 0 Å². The van der Waals surface area contributed by atoms with E-state index in [9.17, 15) is 22.0 Å². The minimum atomic E-state index is -5.69. The lowest BCUT2D eigenvalue weighted by Gasteiger charge is -2.18. The second-order valence-electron chi connectivity index (χ2n) is 1.77. The molecule has 0 amide bonds. The third kappa shape index (κ3) is 3.31. The summed E-state index contributed by atoms with van der Waals surface area (Å²) in [6.45, 7) is 0.367. The summed E-state index contributed by atoms with van der Waals surface area (Å²) in [4.78, 5) is 0. The van der Waals surface area contributed by atoms with Crippen LogP contribution >= 0.6 is 0 Å². The summed E-state index contributed by atoms with van der Waals surface area (Å²) in [6, 6.07) is 0. The summed E-state index contributed by atoms with van der Waals surface area (Å²) >= 11 is 0. The van der Waals surface area contributed by atoms with Crippen LogP contribution in [0.2, 0.25) is 0 Å². The zero-order chi connectivity index (χ0) is 9.83. The van der Waals surface area contributed by atoms with Gasteiger partial charge >= 0.3 is 12.3 Å². The molecule has 7 heteroatoms. The predicted octanol–water partition coefficient (Wildman–Crippen LogP) is 2.15. The first kappa shape index (κ1) is 11.6. The van der Waals surface area contributed by atoms with Crippen molar-refractivity contribution in [3.8, 4) is 0 Å². The molecule has 0 atom stereocenters. The van der Waals surface area contributed by atoms with Gasteiger partial charge in [-0.1, -0.05) is 0 Å². The number of alkyl halides is 5. The van der Waals surface area contributed by atoms with Gasteiger partial charge in [-0.15, -0.1) is 0 Å². The number of halogens is 5. The van der Waals surface area contributed by atoms with Crippen molar-refractivity contribution in [2.45, 2.75) is 19.2 Å². The number of hydrogen-bond acceptors (Lipinski definition) is 2. The molecular weight excluding hydrogens is 187 g/mol. The minimum absolute atomic E-state index is 0.00787. The first-order valence-electron chi connectivity index (χ1n) is 2.97. The molecule has 0 heterocycles. The van der Waals surface area contributed by atoms with Crippen LogP contribution < -0.4 is 0 Å². The van der Waals surface area contributed by atoms with Gasteiger partial charge in [0.2, 0.25) is 0 Å². The molecule has 2 nitrogen and oxygen atoms in total.